The molecule has 1 aromatic heterocycles. The number of fused-ring (bicyclic) bond motifs is 1. The molecule has 6 N–H and O–H groups in total. The third kappa shape index (κ3) is 2.84. The fourth-order valence-electron chi connectivity index (χ4n) is 2.93. The zero-order chi connectivity index (χ0) is 18.1. The molecule has 6 heteroatoms. The van der Waals surface area contributed by atoms with Crippen LogP contribution in [0.25, 0.3) is 33.5 Å². The first kappa shape index (κ1) is 15.7. The molecule has 0 unspecified atom stereocenters. The number of benzene rings is 3. The van der Waals surface area contributed by atoms with Crippen molar-refractivity contribution in [1.29, 1.82) is 0 Å². The van der Waals surface area contributed by atoms with Crippen LogP contribution in [0.2, 0.25) is 0 Å². The number of H-pyrrole nitrogens is 1. The third-order valence-corrected chi connectivity index (χ3v) is 4.10. The molecular formula is C20H17N5O. The van der Waals surface area contributed by atoms with Crippen molar-refractivity contribution in [1.82, 2.24) is 9.97 Å². The number of phenols is 1. The Morgan fingerprint density at radius 1 is 0.923 bits per heavy atom. The Balaban J connectivity index is 1.82. The van der Waals surface area contributed by atoms with E-state index in [4.69, 9.17) is 11.5 Å². The Labute approximate surface area is 149 Å². The summed E-state index contributed by atoms with van der Waals surface area (Å²) >= 11 is 0. The molecule has 4 aromatic rings. The number of hydrogen-bond acceptors (Lipinski definition) is 3. The zero-order valence-corrected chi connectivity index (χ0v) is 13.8. The summed E-state index contributed by atoms with van der Waals surface area (Å²) in [6, 6.07) is 20.8. The number of aromatic hydroxyl groups is 1. The van der Waals surface area contributed by atoms with Crippen molar-refractivity contribution in [2.75, 3.05) is 0 Å². The predicted molar refractivity (Wildman–Crippen MR) is 104 cm³/mol. The number of nitrogens with one attached hydrogen (secondary N) is 1. The van der Waals surface area contributed by atoms with Gasteiger partial charge in [-0.2, -0.15) is 0 Å². The molecule has 0 fully saturated rings. The number of para-hydroxylation sites is 1. The molecule has 26 heavy (non-hydrogen) atoms. The number of aromatic amines is 1. The Bertz CT molecular complexity index is 1110. The van der Waals surface area contributed by atoms with E-state index in [0.717, 1.165) is 22.2 Å². The molecule has 0 saturated carbocycles. The van der Waals surface area contributed by atoms with Gasteiger partial charge >= 0.3 is 0 Å². The Morgan fingerprint density at radius 2 is 1.69 bits per heavy atom. The van der Waals surface area contributed by atoms with Crippen molar-refractivity contribution in [2.45, 2.75) is 0 Å². The van der Waals surface area contributed by atoms with Gasteiger partial charge < -0.3 is 21.6 Å². The molecule has 0 spiro atoms. The summed E-state index contributed by atoms with van der Waals surface area (Å²) in [5.74, 6) is 0.761. The highest BCUT2D eigenvalue weighted by atomic mass is 16.3. The molecule has 128 valence electrons. The predicted octanol–water partition coefficient (Wildman–Crippen LogP) is 3.51. The topological polar surface area (TPSA) is 113 Å². The maximum Gasteiger partial charge on any atom is 0.191 e. The zero-order valence-electron chi connectivity index (χ0n) is 13.8. The van der Waals surface area contributed by atoms with Crippen LogP contribution in [0.3, 0.4) is 0 Å². The van der Waals surface area contributed by atoms with E-state index in [9.17, 15) is 5.11 Å². The average Bonchev–Trinajstić information content (AvgIpc) is 3.05. The van der Waals surface area contributed by atoms with E-state index in [1.54, 1.807) is 6.07 Å². The molecule has 6 nitrogen and oxygen atoms in total. The lowest BCUT2D eigenvalue weighted by molar-refractivity contribution is 0.479. The summed E-state index contributed by atoms with van der Waals surface area (Å²) in [5, 5.41) is 10.8. The van der Waals surface area contributed by atoms with E-state index in [-0.39, 0.29) is 11.7 Å². The second-order valence-corrected chi connectivity index (χ2v) is 5.89. The summed E-state index contributed by atoms with van der Waals surface area (Å²) in [4.78, 5) is 11.8. The Morgan fingerprint density at radius 3 is 2.46 bits per heavy atom. The fourth-order valence-corrected chi connectivity index (χ4v) is 2.93. The lowest BCUT2D eigenvalue weighted by atomic mass is 10.0. The molecule has 4 rings (SSSR count). The number of guanidine groups is 1. The van der Waals surface area contributed by atoms with Crippen LogP contribution in [0, 0.1) is 0 Å². The van der Waals surface area contributed by atoms with Gasteiger partial charge in [0.2, 0.25) is 0 Å². The van der Waals surface area contributed by atoms with Crippen molar-refractivity contribution in [2.24, 2.45) is 16.5 Å². The van der Waals surface area contributed by atoms with Gasteiger partial charge in [0.15, 0.2) is 5.96 Å². The van der Waals surface area contributed by atoms with Crippen molar-refractivity contribution in [3.63, 3.8) is 0 Å². The van der Waals surface area contributed by atoms with Crippen molar-refractivity contribution < 1.29 is 5.11 Å². The largest absolute Gasteiger partial charge is 0.507 e. The van der Waals surface area contributed by atoms with Gasteiger partial charge in [0, 0.05) is 5.56 Å². The van der Waals surface area contributed by atoms with Gasteiger partial charge in [0.25, 0.3) is 0 Å². The second-order valence-electron chi connectivity index (χ2n) is 5.89. The van der Waals surface area contributed by atoms with Gasteiger partial charge in [-0.3, -0.25) is 0 Å². The SMILES string of the molecule is NC(N)=Nc1ccc2nc(-c3cccc(-c4ccccc4)c3O)[nH]c2c1. The van der Waals surface area contributed by atoms with Gasteiger partial charge in [-0.25, -0.2) is 9.98 Å². The summed E-state index contributed by atoms with van der Waals surface area (Å²) in [6.07, 6.45) is 0. The minimum absolute atomic E-state index is 0.00250. The van der Waals surface area contributed by atoms with Crippen LogP contribution < -0.4 is 11.5 Å². The first-order valence-electron chi connectivity index (χ1n) is 8.09. The Kier molecular flexibility index (Phi) is 3.78. The van der Waals surface area contributed by atoms with Crippen molar-refractivity contribution in [3.8, 4) is 28.3 Å². The fraction of sp³-hybridized carbons (Fsp3) is 0. The van der Waals surface area contributed by atoms with E-state index in [1.165, 1.54) is 0 Å². The second kappa shape index (κ2) is 6.25. The van der Waals surface area contributed by atoms with Crippen molar-refractivity contribution in [3.05, 3.63) is 66.7 Å². The minimum atomic E-state index is -0.00250. The van der Waals surface area contributed by atoms with Crippen LogP contribution in [0.1, 0.15) is 0 Å². The lowest BCUT2D eigenvalue weighted by Gasteiger charge is -2.08. The summed E-state index contributed by atoms with van der Waals surface area (Å²) in [5.41, 5.74) is 15.4. The van der Waals surface area contributed by atoms with Crippen LogP contribution in [0.5, 0.6) is 5.75 Å². The molecule has 0 bridgehead atoms. The van der Waals surface area contributed by atoms with E-state index in [2.05, 4.69) is 15.0 Å². The molecule has 0 atom stereocenters. The minimum Gasteiger partial charge on any atom is -0.507 e. The number of nitrogens with zero attached hydrogens (tertiary/aromatic N) is 2. The van der Waals surface area contributed by atoms with Crippen LogP contribution >= 0.6 is 0 Å². The molecule has 0 aliphatic rings. The van der Waals surface area contributed by atoms with E-state index in [0.29, 0.717) is 17.1 Å². The van der Waals surface area contributed by atoms with Gasteiger partial charge in [-0.1, -0.05) is 42.5 Å². The highest BCUT2D eigenvalue weighted by Crippen LogP contribution is 2.37. The number of aliphatic imine (C=N–C) groups is 1. The summed E-state index contributed by atoms with van der Waals surface area (Å²) in [6.45, 7) is 0. The molecule has 0 aliphatic carbocycles. The first-order chi connectivity index (χ1) is 12.6. The standard InChI is InChI=1S/C20H17N5O/c21-20(22)23-13-9-10-16-17(11-13)25-19(24-16)15-8-4-7-14(18(15)26)12-5-2-1-3-6-12/h1-11,26H,(H,24,25)(H4,21,22,23). The number of phenolic OH excluding ortho intramolecular Hbond substituents is 1. The van der Waals surface area contributed by atoms with Crippen LogP contribution in [0.4, 0.5) is 5.69 Å². The number of nitrogens with two attached hydrogens (primary N) is 2. The molecule has 3 aromatic carbocycles. The summed E-state index contributed by atoms with van der Waals surface area (Å²) < 4.78 is 0. The van der Waals surface area contributed by atoms with Gasteiger partial charge in [0.1, 0.15) is 11.6 Å². The quantitative estimate of drug-likeness (QED) is 0.337. The van der Waals surface area contributed by atoms with Crippen LogP contribution in [-0.4, -0.2) is 21.0 Å². The maximum atomic E-state index is 10.8. The lowest BCUT2D eigenvalue weighted by Crippen LogP contribution is -2.21. The monoisotopic (exact) mass is 343 g/mol. The highest BCUT2D eigenvalue weighted by molar-refractivity contribution is 5.87. The molecule has 0 amide bonds. The van der Waals surface area contributed by atoms with E-state index in [1.807, 2.05) is 60.7 Å². The number of imidazole rings is 1. The van der Waals surface area contributed by atoms with Gasteiger partial charge in [-0.15, -0.1) is 0 Å². The number of rotatable bonds is 3. The smallest absolute Gasteiger partial charge is 0.191 e. The molecule has 0 saturated heterocycles. The number of hydrogen-bond donors (Lipinski definition) is 4. The summed E-state index contributed by atoms with van der Waals surface area (Å²) in [7, 11) is 0. The van der Waals surface area contributed by atoms with Gasteiger partial charge in [0.05, 0.1) is 22.3 Å². The Hall–Kier alpha value is -3.80. The molecular weight excluding hydrogens is 326 g/mol. The highest BCUT2D eigenvalue weighted by Gasteiger charge is 2.14. The number of aromatic nitrogens is 2. The molecule has 1 heterocycles. The normalized spacial score (nSPS) is 10.8. The van der Waals surface area contributed by atoms with Gasteiger partial charge in [-0.05, 0) is 29.8 Å². The van der Waals surface area contributed by atoms with E-state index >= 15 is 0 Å². The molecule has 0 radical (unpaired) electrons. The van der Waals surface area contributed by atoms with Crippen LogP contribution in [0.15, 0.2) is 71.7 Å². The molecule has 0 aliphatic heterocycles. The van der Waals surface area contributed by atoms with E-state index < -0.39 is 0 Å². The average molecular weight is 343 g/mol. The van der Waals surface area contributed by atoms with Crippen LogP contribution in [-0.2, 0) is 0 Å². The maximum absolute atomic E-state index is 10.8. The third-order valence-electron chi connectivity index (χ3n) is 4.10. The first-order valence-corrected chi connectivity index (χ1v) is 8.09. The van der Waals surface area contributed by atoms with Crippen molar-refractivity contribution >= 4 is 22.7 Å².